The largest absolute Gasteiger partial charge is 0.497 e. The van der Waals surface area contributed by atoms with Gasteiger partial charge in [0.1, 0.15) is 24.1 Å². The fourth-order valence-electron chi connectivity index (χ4n) is 4.04. The summed E-state index contributed by atoms with van der Waals surface area (Å²) in [5, 5.41) is 18.8. The van der Waals surface area contributed by atoms with Crippen LogP contribution in [0.3, 0.4) is 0 Å². The number of urea groups is 1. The molecule has 176 valence electrons. The van der Waals surface area contributed by atoms with E-state index >= 15 is 0 Å². The van der Waals surface area contributed by atoms with E-state index in [1.807, 2.05) is 24.3 Å². The zero-order valence-corrected chi connectivity index (χ0v) is 18.3. The number of rotatable bonds is 8. The second-order valence-corrected chi connectivity index (χ2v) is 8.07. The number of hydrogen-bond acceptors (Lipinski definition) is 7. The Kier molecular flexibility index (Phi) is 7.38. The van der Waals surface area contributed by atoms with Crippen molar-refractivity contribution in [1.82, 2.24) is 15.6 Å². The van der Waals surface area contributed by atoms with E-state index < -0.39 is 24.3 Å². The van der Waals surface area contributed by atoms with Gasteiger partial charge < -0.3 is 35.3 Å². The third-order valence-electron chi connectivity index (χ3n) is 5.72. The monoisotopic (exact) mass is 456 g/mol. The van der Waals surface area contributed by atoms with Crippen LogP contribution < -0.4 is 20.7 Å². The lowest BCUT2D eigenvalue weighted by Gasteiger charge is -2.20. The second-order valence-electron chi connectivity index (χ2n) is 8.07. The number of amides is 3. The quantitative estimate of drug-likeness (QED) is 0.470. The molecule has 2 aromatic rings. The van der Waals surface area contributed by atoms with Gasteiger partial charge in [-0.3, -0.25) is 9.78 Å². The summed E-state index contributed by atoms with van der Waals surface area (Å²) in [4.78, 5) is 28.3. The fraction of sp³-hybridized carbons (Fsp3) is 0.435. The third kappa shape index (κ3) is 5.98. The summed E-state index contributed by atoms with van der Waals surface area (Å²) >= 11 is 0. The lowest BCUT2D eigenvalue weighted by Crippen LogP contribution is -2.42. The number of carbonyl (C=O) groups excluding carboxylic acids is 2. The van der Waals surface area contributed by atoms with Gasteiger partial charge in [0.2, 0.25) is 5.91 Å². The van der Waals surface area contributed by atoms with Gasteiger partial charge in [-0.25, -0.2) is 4.79 Å². The molecule has 4 rings (SSSR count). The highest BCUT2D eigenvalue weighted by atomic mass is 16.6. The normalized spacial score (nSPS) is 25.8. The number of hydrogen-bond donors (Lipinski definition) is 4. The number of nitrogens with one attached hydrogen (secondary N) is 3. The third-order valence-corrected chi connectivity index (χ3v) is 5.72. The molecular weight excluding hydrogens is 428 g/mol. The lowest BCUT2D eigenvalue weighted by atomic mass is 10.1. The molecule has 2 aliphatic rings. The molecule has 3 amide bonds. The summed E-state index contributed by atoms with van der Waals surface area (Å²) in [5.74, 6) is 0.632. The van der Waals surface area contributed by atoms with E-state index in [0.29, 0.717) is 18.7 Å². The van der Waals surface area contributed by atoms with Crippen LogP contribution in [0.2, 0.25) is 0 Å². The molecule has 0 aliphatic carbocycles. The van der Waals surface area contributed by atoms with Crippen LogP contribution in [0.1, 0.15) is 18.4 Å². The first-order chi connectivity index (χ1) is 16.0. The van der Waals surface area contributed by atoms with Crippen molar-refractivity contribution >= 4 is 17.6 Å². The molecule has 0 spiro atoms. The molecule has 0 saturated carbocycles. The minimum absolute atomic E-state index is 0.129. The van der Waals surface area contributed by atoms with Crippen LogP contribution in [0.15, 0.2) is 48.8 Å². The minimum atomic E-state index is -0.888. The smallest absolute Gasteiger partial charge is 0.319 e. The van der Waals surface area contributed by atoms with E-state index in [4.69, 9.17) is 14.2 Å². The Morgan fingerprint density at radius 1 is 1.18 bits per heavy atom. The van der Waals surface area contributed by atoms with Crippen molar-refractivity contribution in [3.63, 3.8) is 0 Å². The number of benzene rings is 1. The first-order valence-corrected chi connectivity index (χ1v) is 10.9. The summed E-state index contributed by atoms with van der Waals surface area (Å²) < 4.78 is 16.9. The van der Waals surface area contributed by atoms with Crippen LogP contribution in [0.4, 0.5) is 10.5 Å². The lowest BCUT2D eigenvalue weighted by molar-refractivity contribution is -0.124. The van der Waals surface area contributed by atoms with Crippen LogP contribution in [-0.4, -0.2) is 66.2 Å². The molecule has 3 heterocycles. The minimum Gasteiger partial charge on any atom is -0.497 e. The van der Waals surface area contributed by atoms with Crippen molar-refractivity contribution in [1.29, 1.82) is 0 Å². The maximum atomic E-state index is 12.3. The molecule has 2 aliphatic heterocycles. The predicted octanol–water partition coefficient (Wildman–Crippen LogP) is 1.20. The van der Waals surface area contributed by atoms with E-state index in [9.17, 15) is 14.7 Å². The highest BCUT2D eigenvalue weighted by Gasteiger charge is 2.50. The average Bonchev–Trinajstić information content (AvgIpc) is 3.35. The van der Waals surface area contributed by atoms with Crippen LogP contribution in [0, 0.1) is 0 Å². The first kappa shape index (κ1) is 23.0. The number of fused-ring (bicyclic) bond motifs is 1. The van der Waals surface area contributed by atoms with E-state index in [1.165, 1.54) is 6.20 Å². The van der Waals surface area contributed by atoms with Crippen molar-refractivity contribution < 1.29 is 28.9 Å². The Morgan fingerprint density at radius 2 is 2.00 bits per heavy atom. The number of ether oxygens (including phenoxy) is 3. The Bertz CT molecular complexity index is 942. The second kappa shape index (κ2) is 10.6. The molecule has 0 bridgehead atoms. The van der Waals surface area contributed by atoms with E-state index in [-0.39, 0.29) is 31.1 Å². The molecule has 4 N–H and O–H groups in total. The predicted molar refractivity (Wildman–Crippen MR) is 119 cm³/mol. The van der Waals surface area contributed by atoms with Gasteiger partial charge in [0.25, 0.3) is 0 Å². The summed E-state index contributed by atoms with van der Waals surface area (Å²) in [6.07, 6.45) is 1.23. The van der Waals surface area contributed by atoms with Crippen molar-refractivity contribution in [2.24, 2.45) is 0 Å². The van der Waals surface area contributed by atoms with Crippen molar-refractivity contribution in [3.05, 3.63) is 54.4 Å². The average molecular weight is 456 g/mol. The number of methoxy groups -OCH3 is 1. The highest BCUT2D eigenvalue weighted by Crippen LogP contribution is 2.35. The molecule has 5 atom stereocenters. The number of aliphatic hydroxyl groups excluding tert-OH is 1. The van der Waals surface area contributed by atoms with E-state index in [0.717, 1.165) is 11.3 Å². The molecule has 33 heavy (non-hydrogen) atoms. The van der Waals surface area contributed by atoms with Gasteiger partial charge in [0, 0.05) is 25.7 Å². The Balaban J connectivity index is 1.17. The maximum absolute atomic E-state index is 12.3. The summed E-state index contributed by atoms with van der Waals surface area (Å²) in [7, 11) is 1.60. The molecule has 2 saturated heterocycles. The molecule has 10 heteroatoms. The van der Waals surface area contributed by atoms with Crippen LogP contribution in [-0.2, 0) is 20.8 Å². The first-order valence-electron chi connectivity index (χ1n) is 10.9. The van der Waals surface area contributed by atoms with Crippen LogP contribution in [0.25, 0.3) is 0 Å². The van der Waals surface area contributed by atoms with Gasteiger partial charge in [-0.05, 0) is 29.8 Å². The van der Waals surface area contributed by atoms with Crippen molar-refractivity contribution in [2.75, 3.05) is 19.0 Å². The van der Waals surface area contributed by atoms with Gasteiger partial charge in [-0.2, -0.15) is 0 Å². The van der Waals surface area contributed by atoms with Crippen molar-refractivity contribution in [3.8, 4) is 5.75 Å². The Hall–Kier alpha value is -3.21. The number of anilines is 1. The zero-order chi connectivity index (χ0) is 23.2. The maximum Gasteiger partial charge on any atom is 0.319 e. The molecule has 0 radical (unpaired) electrons. The number of aliphatic hydroxyl groups is 1. The molecule has 1 aromatic heterocycles. The molecule has 10 nitrogen and oxygen atoms in total. The highest BCUT2D eigenvalue weighted by molar-refractivity contribution is 5.88. The van der Waals surface area contributed by atoms with Crippen LogP contribution in [0.5, 0.6) is 5.75 Å². The number of pyridine rings is 1. The summed E-state index contributed by atoms with van der Waals surface area (Å²) in [6.45, 7) is 0.549. The Labute approximate surface area is 191 Å². The molecule has 5 unspecified atom stereocenters. The summed E-state index contributed by atoms with van der Waals surface area (Å²) in [5.41, 5.74) is 1.53. The molecule has 2 fully saturated rings. The SMILES string of the molecule is COc1ccc(CNC(=O)CC2CC3OC(CNC(=O)Nc4cccnc4)C(O)C3O2)cc1. The zero-order valence-electron chi connectivity index (χ0n) is 18.3. The van der Waals surface area contributed by atoms with Gasteiger partial charge in [-0.1, -0.05) is 12.1 Å². The van der Waals surface area contributed by atoms with Gasteiger partial charge in [0.15, 0.2) is 0 Å². The van der Waals surface area contributed by atoms with Gasteiger partial charge in [-0.15, -0.1) is 0 Å². The van der Waals surface area contributed by atoms with Gasteiger partial charge in [0.05, 0.1) is 37.6 Å². The molecule has 1 aromatic carbocycles. The number of aromatic nitrogens is 1. The van der Waals surface area contributed by atoms with Gasteiger partial charge >= 0.3 is 6.03 Å². The standard InChI is InChI=1S/C23H28N4O6/c1-31-16-6-4-14(5-7-16)11-25-20(28)10-17-9-18-22(32-17)21(29)19(33-18)13-26-23(30)27-15-3-2-8-24-12-15/h2-8,12,17-19,21-22,29H,9-11,13H2,1H3,(H,25,28)(H2,26,27,30). The van der Waals surface area contributed by atoms with E-state index in [2.05, 4.69) is 20.9 Å². The topological polar surface area (TPSA) is 131 Å². The van der Waals surface area contributed by atoms with E-state index in [1.54, 1.807) is 25.4 Å². The number of nitrogens with zero attached hydrogens (tertiary/aromatic N) is 1. The van der Waals surface area contributed by atoms with Crippen LogP contribution >= 0.6 is 0 Å². The Morgan fingerprint density at radius 3 is 2.70 bits per heavy atom. The van der Waals surface area contributed by atoms with Crippen molar-refractivity contribution in [2.45, 2.75) is 49.9 Å². The summed E-state index contributed by atoms with van der Waals surface area (Å²) in [6, 6.07) is 10.5. The fourth-order valence-corrected chi connectivity index (χ4v) is 4.04. The molecular formula is C23H28N4O6. The number of carbonyl (C=O) groups is 2.